The summed E-state index contributed by atoms with van der Waals surface area (Å²) in [6, 6.07) is 14.8. The highest BCUT2D eigenvalue weighted by Gasteiger charge is 2.15. The lowest BCUT2D eigenvalue weighted by Gasteiger charge is -2.18. The van der Waals surface area contributed by atoms with Crippen LogP contribution < -0.4 is 10.2 Å². The van der Waals surface area contributed by atoms with Crippen LogP contribution >= 0.6 is 11.6 Å². The first-order valence-corrected chi connectivity index (χ1v) is 8.55. The largest absolute Gasteiger partial charge is 0.342 e. The van der Waals surface area contributed by atoms with Crippen molar-refractivity contribution in [3.8, 4) is 0 Å². The van der Waals surface area contributed by atoms with Crippen molar-refractivity contribution in [3.05, 3.63) is 70.5 Å². The minimum absolute atomic E-state index is 0.191. The number of hydrogen-bond donors (Lipinski definition) is 2. The fourth-order valence-corrected chi connectivity index (χ4v) is 2.86. The van der Waals surface area contributed by atoms with Crippen molar-refractivity contribution in [1.82, 2.24) is 0 Å². The summed E-state index contributed by atoms with van der Waals surface area (Å²) < 4.78 is 13.2. The van der Waals surface area contributed by atoms with E-state index in [1.165, 1.54) is 22.6 Å². The fraction of sp³-hybridized carbons (Fsp3) is 0.368. The Morgan fingerprint density at radius 1 is 0.957 bits per heavy atom. The lowest BCUT2D eigenvalue weighted by atomic mass is 9.88. The van der Waals surface area contributed by atoms with Gasteiger partial charge in [0.15, 0.2) is 0 Å². The van der Waals surface area contributed by atoms with Gasteiger partial charge in [-0.3, -0.25) is 0 Å². The standard InChI is InChI=1S/C19H24ClFN2/c1-23(2)14-13-22-12-11-19(15-3-7-17(20)8-4-15)16-5-9-18(21)10-6-16/h3-10,19,22H,11-14H2,1-2H3/p+2/t19-/m0/s1. The number of quaternary nitrogens is 2. The van der Waals surface area contributed by atoms with Crippen LogP contribution in [0.25, 0.3) is 0 Å². The molecular formula is C19H26ClFN2+2. The monoisotopic (exact) mass is 336 g/mol. The fourth-order valence-electron chi connectivity index (χ4n) is 2.74. The average molecular weight is 337 g/mol. The molecule has 2 nitrogen and oxygen atoms in total. The average Bonchev–Trinajstić information content (AvgIpc) is 2.53. The van der Waals surface area contributed by atoms with Gasteiger partial charge in [-0.25, -0.2) is 4.39 Å². The molecule has 2 aromatic rings. The molecule has 2 aromatic carbocycles. The Bertz CT molecular complexity index is 536. The van der Waals surface area contributed by atoms with Crippen LogP contribution in [0.3, 0.4) is 0 Å². The first-order chi connectivity index (χ1) is 11.1. The number of halogens is 2. The van der Waals surface area contributed by atoms with Crippen molar-refractivity contribution in [1.29, 1.82) is 0 Å². The summed E-state index contributed by atoms with van der Waals surface area (Å²) in [5.74, 6) is 0.0833. The normalized spacial score (nSPS) is 12.6. The van der Waals surface area contributed by atoms with Crippen molar-refractivity contribution >= 4 is 11.6 Å². The van der Waals surface area contributed by atoms with Gasteiger partial charge < -0.3 is 10.2 Å². The van der Waals surface area contributed by atoms with E-state index in [9.17, 15) is 4.39 Å². The minimum atomic E-state index is -0.191. The topological polar surface area (TPSA) is 21.1 Å². The zero-order valence-electron chi connectivity index (χ0n) is 13.9. The van der Waals surface area contributed by atoms with Crippen molar-refractivity contribution in [2.75, 3.05) is 33.7 Å². The van der Waals surface area contributed by atoms with Crippen LogP contribution in [-0.4, -0.2) is 33.7 Å². The summed E-state index contributed by atoms with van der Waals surface area (Å²) in [6.07, 6.45) is 1.02. The molecule has 0 aliphatic carbocycles. The molecule has 0 unspecified atom stereocenters. The van der Waals surface area contributed by atoms with Crippen molar-refractivity contribution < 1.29 is 14.6 Å². The van der Waals surface area contributed by atoms with E-state index in [2.05, 4.69) is 31.5 Å². The van der Waals surface area contributed by atoms with E-state index in [0.29, 0.717) is 0 Å². The molecule has 0 bridgehead atoms. The van der Waals surface area contributed by atoms with E-state index in [-0.39, 0.29) is 11.7 Å². The van der Waals surface area contributed by atoms with Crippen LogP contribution in [0.4, 0.5) is 4.39 Å². The van der Waals surface area contributed by atoms with E-state index in [4.69, 9.17) is 11.6 Å². The second-order valence-electron chi connectivity index (χ2n) is 6.27. The van der Waals surface area contributed by atoms with Crippen molar-refractivity contribution in [3.63, 3.8) is 0 Å². The Kier molecular flexibility index (Phi) is 7.03. The van der Waals surface area contributed by atoms with Gasteiger partial charge in [-0.1, -0.05) is 35.9 Å². The number of nitrogens with two attached hydrogens (primary N) is 1. The Labute approximate surface area is 143 Å². The Hall–Kier alpha value is -1.42. The summed E-state index contributed by atoms with van der Waals surface area (Å²) >= 11 is 6.00. The van der Waals surface area contributed by atoms with E-state index < -0.39 is 0 Å². The predicted molar refractivity (Wildman–Crippen MR) is 93.6 cm³/mol. The van der Waals surface area contributed by atoms with Crippen LogP contribution in [0.5, 0.6) is 0 Å². The molecule has 0 saturated carbocycles. The molecule has 0 heterocycles. The number of nitrogens with one attached hydrogen (secondary N) is 1. The highest BCUT2D eigenvalue weighted by Crippen LogP contribution is 2.28. The maximum atomic E-state index is 13.2. The number of likely N-dealkylation sites (N-methyl/N-ethyl adjacent to an activating group) is 1. The quantitative estimate of drug-likeness (QED) is 0.685. The molecule has 0 spiro atoms. The van der Waals surface area contributed by atoms with Crippen LogP contribution in [0.2, 0.25) is 5.02 Å². The molecule has 124 valence electrons. The van der Waals surface area contributed by atoms with Crippen LogP contribution in [-0.2, 0) is 0 Å². The summed E-state index contributed by atoms with van der Waals surface area (Å²) in [5, 5.41) is 3.10. The predicted octanol–water partition coefficient (Wildman–Crippen LogP) is 1.71. The van der Waals surface area contributed by atoms with Gasteiger partial charge in [0, 0.05) is 17.4 Å². The van der Waals surface area contributed by atoms with Crippen LogP contribution in [0.1, 0.15) is 23.5 Å². The molecule has 0 radical (unpaired) electrons. The maximum absolute atomic E-state index is 13.2. The molecule has 3 N–H and O–H groups in total. The molecule has 0 fully saturated rings. The van der Waals surface area contributed by atoms with Gasteiger partial charge in [0.25, 0.3) is 0 Å². The van der Waals surface area contributed by atoms with Gasteiger partial charge in [-0.2, -0.15) is 0 Å². The highest BCUT2D eigenvalue weighted by molar-refractivity contribution is 6.30. The van der Waals surface area contributed by atoms with Gasteiger partial charge in [0.2, 0.25) is 0 Å². The number of hydrogen-bond acceptors (Lipinski definition) is 0. The number of rotatable bonds is 8. The molecule has 0 saturated heterocycles. The lowest BCUT2D eigenvalue weighted by Crippen LogP contribution is -3.09. The van der Waals surface area contributed by atoms with Crippen molar-refractivity contribution in [2.45, 2.75) is 12.3 Å². The smallest absolute Gasteiger partial charge is 0.126 e. The summed E-state index contributed by atoms with van der Waals surface area (Å²) in [5.41, 5.74) is 2.38. The zero-order chi connectivity index (χ0) is 16.7. The molecule has 0 aliphatic rings. The third-order valence-electron chi connectivity index (χ3n) is 4.05. The summed E-state index contributed by atoms with van der Waals surface area (Å²) in [7, 11) is 4.34. The number of benzene rings is 2. The molecule has 0 amide bonds. The van der Waals surface area contributed by atoms with Crippen molar-refractivity contribution in [2.24, 2.45) is 0 Å². The Morgan fingerprint density at radius 2 is 1.52 bits per heavy atom. The summed E-state index contributed by atoms with van der Waals surface area (Å²) in [6.45, 7) is 3.33. The molecule has 1 atom stereocenters. The molecule has 4 heteroatoms. The van der Waals surface area contributed by atoms with E-state index >= 15 is 0 Å². The Balaban J connectivity index is 2.05. The second-order valence-corrected chi connectivity index (χ2v) is 6.70. The highest BCUT2D eigenvalue weighted by atomic mass is 35.5. The van der Waals surface area contributed by atoms with E-state index in [1.807, 2.05) is 24.3 Å². The zero-order valence-corrected chi connectivity index (χ0v) is 14.6. The lowest BCUT2D eigenvalue weighted by molar-refractivity contribution is -0.874. The van der Waals surface area contributed by atoms with Gasteiger partial charge in [0.05, 0.1) is 20.6 Å². The first-order valence-electron chi connectivity index (χ1n) is 8.18. The van der Waals surface area contributed by atoms with E-state index in [0.717, 1.165) is 36.6 Å². The molecular weight excluding hydrogens is 311 g/mol. The molecule has 0 aromatic heterocycles. The van der Waals surface area contributed by atoms with Crippen LogP contribution in [0, 0.1) is 5.82 Å². The van der Waals surface area contributed by atoms with Crippen LogP contribution in [0.15, 0.2) is 48.5 Å². The minimum Gasteiger partial charge on any atom is -0.342 e. The van der Waals surface area contributed by atoms with Gasteiger partial charge >= 0.3 is 0 Å². The SMILES string of the molecule is C[NH+](C)CC[NH2+]CC[C@H](c1ccc(F)cc1)c1ccc(Cl)cc1. The maximum Gasteiger partial charge on any atom is 0.126 e. The van der Waals surface area contributed by atoms with E-state index in [1.54, 1.807) is 0 Å². The third kappa shape index (κ3) is 5.94. The Morgan fingerprint density at radius 3 is 2.09 bits per heavy atom. The molecule has 23 heavy (non-hydrogen) atoms. The summed E-state index contributed by atoms with van der Waals surface area (Å²) in [4.78, 5) is 1.47. The molecule has 0 aliphatic heterocycles. The third-order valence-corrected chi connectivity index (χ3v) is 4.30. The first kappa shape index (κ1) is 17.9. The van der Waals surface area contributed by atoms with Gasteiger partial charge in [-0.05, 0) is 35.4 Å². The van der Waals surface area contributed by atoms with Gasteiger partial charge in [0.1, 0.15) is 18.9 Å². The van der Waals surface area contributed by atoms with Gasteiger partial charge in [-0.15, -0.1) is 0 Å². The molecule has 2 rings (SSSR count). The second kappa shape index (κ2) is 9.02.